The van der Waals surface area contributed by atoms with Gasteiger partial charge in [0.25, 0.3) is 0 Å². The van der Waals surface area contributed by atoms with Crippen molar-refractivity contribution in [2.45, 2.75) is 44.9 Å². The molecular formula is C29H38N4O4. The average molecular weight is 507 g/mol. The number of aryl methyl sites for hydroxylation is 1. The largest absolute Gasteiger partial charge is 0.493 e. The molecule has 198 valence electrons. The molecule has 1 atom stereocenters. The van der Waals surface area contributed by atoms with Gasteiger partial charge in [0.05, 0.1) is 43.4 Å². The van der Waals surface area contributed by atoms with E-state index in [1.807, 2.05) is 59.3 Å². The van der Waals surface area contributed by atoms with Crippen molar-refractivity contribution in [3.05, 3.63) is 65.9 Å². The second-order valence-corrected chi connectivity index (χ2v) is 9.81. The lowest BCUT2D eigenvalue weighted by Crippen LogP contribution is -2.45. The Morgan fingerprint density at radius 3 is 2.43 bits per heavy atom. The van der Waals surface area contributed by atoms with E-state index in [2.05, 4.69) is 16.7 Å². The second kappa shape index (κ2) is 12.1. The lowest BCUT2D eigenvalue weighted by Gasteiger charge is -2.31. The molecular weight excluding hydrogens is 468 g/mol. The van der Waals surface area contributed by atoms with Crippen LogP contribution in [0.2, 0.25) is 0 Å². The summed E-state index contributed by atoms with van der Waals surface area (Å²) in [7, 11) is 1.65. The maximum absolute atomic E-state index is 11.0. The van der Waals surface area contributed by atoms with Gasteiger partial charge in [-0.3, -0.25) is 9.80 Å². The highest BCUT2D eigenvalue weighted by molar-refractivity contribution is 5.47. The quantitative estimate of drug-likeness (QED) is 0.400. The summed E-state index contributed by atoms with van der Waals surface area (Å²) >= 11 is 0. The van der Waals surface area contributed by atoms with E-state index in [-0.39, 0.29) is 0 Å². The zero-order valence-corrected chi connectivity index (χ0v) is 21.9. The molecule has 0 bridgehead atoms. The molecule has 1 aliphatic carbocycles. The van der Waals surface area contributed by atoms with E-state index in [1.54, 1.807) is 7.11 Å². The van der Waals surface area contributed by atoms with Gasteiger partial charge in [0.15, 0.2) is 11.5 Å². The summed E-state index contributed by atoms with van der Waals surface area (Å²) in [6.07, 6.45) is 2.67. The number of aliphatic hydroxyl groups excluding tert-OH is 1. The van der Waals surface area contributed by atoms with Gasteiger partial charge in [-0.25, -0.2) is 4.68 Å². The van der Waals surface area contributed by atoms with Crippen molar-refractivity contribution in [2.24, 2.45) is 0 Å². The number of para-hydroxylation sites is 3. The van der Waals surface area contributed by atoms with Gasteiger partial charge in [0.1, 0.15) is 0 Å². The fraction of sp³-hybridized carbons (Fsp3) is 0.483. The molecule has 37 heavy (non-hydrogen) atoms. The van der Waals surface area contributed by atoms with Crippen LogP contribution in [0.4, 0.5) is 0 Å². The van der Waals surface area contributed by atoms with Gasteiger partial charge in [-0.1, -0.05) is 37.3 Å². The van der Waals surface area contributed by atoms with Crippen LogP contribution in [0.25, 0.3) is 5.69 Å². The fourth-order valence-electron chi connectivity index (χ4n) is 4.97. The van der Waals surface area contributed by atoms with Crippen LogP contribution in [-0.2, 0) is 17.7 Å². The fourth-order valence-corrected chi connectivity index (χ4v) is 4.97. The van der Waals surface area contributed by atoms with E-state index in [0.717, 1.165) is 62.5 Å². The molecule has 8 heteroatoms. The van der Waals surface area contributed by atoms with Gasteiger partial charge in [-0.05, 0) is 43.5 Å². The minimum atomic E-state index is -0.425. The Labute approximate surface area is 219 Å². The number of aromatic nitrogens is 2. The van der Waals surface area contributed by atoms with E-state index >= 15 is 0 Å². The van der Waals surface area contributed by atoms with Crippen LogP contribution >= 0.6 is 0 Å². The van der Waals surface area contributed by atoms with Gasteiger partial charge in [-0.2, -0.15) is 5.10 Å². The number of hydrogen-bond donors (Lipinski definition) is 1. The Morgan fingerprint density at radius 1 is 1.05 bits per heavy atom. The maximum atomic E-state index is 11.0. The molecule has 0 spiro atoms. The summed E-state index contributed by atoms with van der Waals surface area (Å²) in [5.74, 6) is 2.02. The topological polar surface area (TPSA) is 72.2 Å². The van der Waals surface area contributed by atoms with Crippen molar-refractivity contribution in [2.75, 3.05) is 46.5 Å². The standard InChI is InChI=1S/C29H38N4O4/c1-3-26-25(21-32(22-13-14-22)20-24(34)19-31-15-17-36-18-16-31)29(33(30-26)23-9-5-4-6-10-23)37-28-12-8-7-11-27(28)35-2/h4-12,22,24,34H,3,13-21H2,1-2H3/t24-/m1/s1. The molecule has 0 amide bonds. The summed E-state index contributed by atoms with van der Waals surface area (Å²) in [4.78, 5) is 4.70. The molecule has 0 radical (unpaired) electrons. The van der Waals surface area contributed by atoms with Crippen LogP contribution in [0.3, 0.4) is 0 Å². The van der Waals surface area contributed by atoms with E-state index in [4.69, 9.17) is 19.3 Å². The number of aliphatic hydroxyl groups is 1. The van der Waals surface area contributed by atoms with Gasteiger partial charge in [0.2, 0.25) is 5.88 Å². The molecule has 1 aliphatic heterocycles. The van der Waals surface area contributed by atoms with Crippen molar-refractivity contribution in [3.8, 4) is 23.1 Å². The Morgan fingerprint density at radius 2 is 1.76 bits per heavy atom. The van der Waals surface area contributed by atoms with Crippen LogP contribution in [0, 0.1) is 0 Å². The Bertz CT molecular complexity index is 1140. The minimum Gasteiger partial charge on any atom is -0.493 e. The average Bonchev–Trinajstić information content (AvgIpc) is 3.73. The third-order valence-electron chi connectivity index (χ3n) is 7.07. The maximum Gasteiger partial charge on any atom is 0.227 e. The SMILES string of the molecule is CCc1nn(-c2ccccc2)c(Oc2ccccc2OC)c1CN(C[C@H](O)CN1CCOCC1)C1CC1. The zero-order valence-electron chi connectivity index (χ0n) is 21.9. The normalized spacial score (nSPS) is 17.2. The first kappa shape index (κ1) is 25.7. The zero-order chi connectivity index (χ0) is 25.6. The van der Waals surface area contributed by atoms with Crippen LogP contribution in [-0.4, -0.2) is 83.3 Å². The first-order chi connectivity index (χ1) is 18.2. The lowest BCUT2D eigenvalue weighted by atomic mass is 10.1. The number of nitrogens with zero attached hydrogens (tertiary/aromatic N) is 4. The highest BCUT2D eigenvalue weighted by atomic mass is 16.5. The number of benzene rings is 2. The van der Waals surface area contributed by atoms with Crippen LogP contribution in [0.15, 0.2) is 54.6 Å². The number of rotatable bonds is 12. The van der Waals surface area contributed by atoms with E-state index < -0.39 is 6.10 Å². The Hall–Kier alpha value is -2.91. The monoisotopic (exact) mass is 506 g/mol. The van der Waals surface area contributed by atoms with Gasteiger partial charge >= 0.3 is 0 Å². The van der Waals surface area contributed by atoms with Crippen molar-refractivity contribution in [3.63, 3.8) is 0 Å². The summed E-state index contributed by atoms with van der Waals surface area (Å²) in [5, 5.41) is 16.0. The molecule has 1 N–H and O–H groups in total. The van der Waals surface area contributed by atoms with Crippen LogP contribution < -0.4 is 9.47 Å². The molecule has 1 saturated carbocycles. The predicted molar refractivity (Wildman–Crippen MR) is 143 cm³/mol. The smallest absolute Gasteiger partial charge is 0.227 e. The van der Waals surface area contributed by atoms with E-state index in [0.29, 0.717) is 43.1 Å². The molecule has 5 rings (SSSR count). The van der Waals surface area contributed by atoms with E-state index in [9.17, 15) is 5.11 Å². The van der Waals surface area contributed by atoms with Crippen molar-refractivity contribution in [1.82, 2.24) is 19.6 Å². The van der Waals surface area contributed by atoms with Crippen molar-refractivity contribution in [1.29, 1.82) is 0 Å². The van der Waals surface area contributed by atoms with Crippen LogP contribution in [0.1, 0.15) is 31.0 Å². The third-order valence-corrected chi connectivity index (χ3v) is 7.07. The minimum absolute atomic E-state index is 0.425. The second-order valence-electron chi connectivity index (χ2n) is 9.81. The Kier molecular flexibility index (Phi) is 8.41. The molecule has 2 aliphatic rings. The molecule has 2 heterocycles. The number of methoxy groups -OCH3 is 1. The molecule has 2 aromatic carbocycles. The highest BCUT2D eigenvalue weighted by Gasteiger charge is 2.33. The molecule has 0 unspecified atom stereocenters. The predicted octanol–water partition coefficient (Wildman–Crippen LogP) is 3.89. The lowest BCUT2D eigenvalue weighted by molar-refractivity contribution is 0.00544. The summed E-state index contributed by atoms with van der Waals surface area (Å²) in [6.45, 7) is 7.32. The third kappa shape index (κ3) is 6.33. The first-order valence-corrected chi connectivity index (χ1v) is 13.4. The van der Waals surface area contributed by atoms with Gasteiger partial charge < -0.3 is 19.3 Å². The van der Waals surface area contributed by atoms with E-state index in [1.165, 1.54) is 0 Å². The van der Waals surface area contributed by atoms with Gasteiger partial charge in [-0.15, -0.1) is 0 Å². The molecule has 3 aromatic rings. The molecule has 1 saturated heterocycles. The summed E-state index contributed by atoms with van der Waals surface area (Å²) < 4.78 is 19.5. The number of morpholine rings is 1. The van der Waals surface area contributed by atoms with Crippen molar-refractivity contribution >= 4 is 0 Å². The summed E-state index contributed by atoms with van der Waals surface area (Å²) in [6, 6.07) is 18.3. The molecule has 1 aromatic heterocycles. The highest BCUT2D eigenvalue weighted by Crippen LogP contribution is 2.38. The number of hydrogen-bond acceptors (Lipinski definition) is 7. The Balaban J connectivity index is 1.45. The number of ether oxygens (including phenoxy) is 3. The number of β-amino-alcohol motifs (C(OH)–C–C–N with tert-alkyl or cyclic N) is 1. The molecule has 8 nitrogen and oxygen atoms in total. The summed E-state index contributed by atoms with van der Waals surface area (Å²) in [5.41, 5.74) is 3.00. The van der Waals surface area contributed by atoms with Gasteiger partial charge in [0, 0.05) is 38.8 Å². The first-order valence-electron chi connectivity index (χ1n) is 13.4. The van der Waals surface area contributed by atoms with Crippen molar-refractivity contribution < 1.29 is 19.3 Å². The molecule has 2 fully saturated rings. The van der Waals surface area contributed by atoms with Crippen LogP contribution in [0.5, 0.6) is 17.4 Å².